The highest BCUT2D eigenvalue weighted by Gasteiger charge is 2.40. The van der Waals surface area contributed by atoms with Crippen LogP contribution < -0.4 is 4.72 Å². The lowest BCUT2D eigenvalue weighted by Crippen LogP contribution is -2.52. The molecule has 2 amide bonds. The maximum absolute atomic E-state index is 13.0. The lowest BCUT2D eigenvalue weighted by Gasteiger charge is -2.35. The van der Waals surface area contributed by atoms with Crippen molar-refractivity contribution in [2.75, 3.05) is 19.6 Å². The van der Waals surface area contributed by atoms with Gasteiger partial charge in [-0.2, -0.15) is 4.72 Å². The molecule has 2 aliphatic heterocycles. The van der Waals surface area contributed by atoms with Crippen LogP contribution in [0.5, 0.6) is 0 Å². The molecule has 2 aromatic carbocycles. The first-order chi connectivity index (χ1) is 15.2. The van der Waals surface area contributed by atoms with Gasteiger partial charge in [0.15, 0.2) is 0 Å². The van der Waals surface area contributed by atoms with Gasteiger partial charge in [0.1, 0.15) is 12.1 Å². The van der Waals surface area contributed by atoms with Crippen molar-refractivity contribution in [1.82, 2.24) is 14.5 Å². The van der Waals surface area contributed by atoms with Crippen LogP contribution in [0.15, 0.2) is 41.3 Å². The first-order valence-corrected chi connectivity index (χ1v) is 12.8. The van der Waals surface area contributed by atoms with Crippen LogP contribution in [0.1, 0.15) is 33.1 Å². The van der Waals surface area contributed by atoms with Crippen LogP contribution in [-0.2, 0) is 19.6 Å². The van der Waals surface area contributed by atoms with E-state index in [1.165, 1.54) is 11.0 Å². The van der Waals surface area contributed by atoms with Crippen molar-refractivity contribution < 1.29 is 18.0 Å². The van der Waals surface area contributed by atoms with Gasteiger partial charge in [0.05, 0.1) is 4.90 Å². The fourth-order valence-electron chi connectivity index (χ4n) is 4.60. The molecule has 32 heavy (non-hydrogen) atoms. The Morgan fingerprint density at radius 1 is 1.12 bits per heavy atom. The van der Waals surface area contributed by atoms with Gasteiger partial charge in [0.25, 0.3) is 0 Å². The number of fused-ring (bicyclic) bond motifs is 1. The lowest BCUT2D eigenvalue weighted by atomic mass is 9.99. The summed E-state index contributed by atoms with van der Waals surface area (Å²) < 4.78 is 28.4. The first-order valence-electron chi connectivity index (χ1n) is 11.0. The maximum atomic E-state index is 13.0. The topological polar surface area (TPSA) is 86.8 Å². The molecule has 0 bridgehead atoms. The molecular formula is C23H28ClN3O4S. The number of piperidine rings is 1. The van der Waals surface area contributed by atoms with E-state index in [2.05, 4.69) is 11.6 Å². The van der Waals surface area contributed by atoms with Gasteiger partial charge in [0.2, 0.25) is 21.8 Å². The van der Waals surface area contributed by atoms with Crippen LogP contribution >= 0.6 is 11.6 Å². The molecule has 0 saturated carbocycles. The van der Waals surface area contributed by atoms with Gasteiger partial charge in [0, 0.05) is 24.7 Å². The molecule has 3 atom stereocenters. The fourth-order valence-corrected chi connectivity index (χ4v) is 6.04. The Kier molecular flexibility index (Phi) is 6.47. The number of carbonyl (C=O) groups excluding carboxylic acids is 2. The molecule has 1 unspecified atom stereocenters. The van der Waals surface area contributed by atoms with Crippen molar-refractivity contribution in [3.8, 4) is 0 Å². The zero-order valence-corrected chi connectivity index (χ0v) is 19.8. The summed E-state index contributed by atoms with van der Waals surface area (Å²) in [5, 5.41) is 2.15. The largest absolute Gasteiger partial charge is 0.341 e. The third-order valence-electron chi connectivity index (χ3n) is 6.41. The smallest absolute Gasteiger partial charge is 0.245 e. The molecule has 4 rings (SSSR count). The lowest BCUT2D eigenvalue weighted by molar-refractivity contribution is -0.144. The number of nitrogens with one attached hydrogen (secondary N) is 1. The number of nitrogens with zero attached hydrogens (tertiary/aromatic N) is 2. The van der Waals surface area contributed by atoms with Gasteiger partial charge in [-0.05, 0) is 67.1 Å². The number of likely N-dealkylation sites (tertiary alicyclic amines) is 2. The standard InChI is InChI=1S/C23H28ClN3O4S/c1-15-4-3-10-26(14-15)22(28)16(2)27-11-9-21(23(27)29)25-32(30,31)20-8-6-17-12-19(24)7-5-18(17)13-20/h5-8,12-13,15-16,21,25H,3-4,9-11,14H2,1-2H3/t15-,16-,21?/m0/s1. The number of amides is 2. The minimum Gasteiger partial charge on any atom is -0.341 e. The number of carbonyl (C=O) groups is 2. The molecule has 2 fully saturated rings. The van der Waals surface area contributed by atoms with E-state index in [0.29, 0.717) is 37.0 Å². The summed E-state index contributed by atoms with van der Waals surface area (Å²) >= 11 is 6.00. The maximum Gasteiger partial charge on any atom is 0.245 e. The van der Waals surface area contributed by atoms with Crippen molar-refractivity contribution >= 4 is 44.2 Å². The average Bonchev–Trinajstić information content (AvgIpc) is 3.11. The summed E-state index contributed by atoms with van der Waals surface area (Å²) in [6, 6.07) is 8.50. The molecule has 0 spiro atoms. The van der Waals surface area contributed by atoms with E-state index in [9.17, 15) is 18.0 Å². The predicted octanol–water partition coefficient (Wildman–Crippen LogP) is 3.02. The van der Waals surface area contributed by atoms with Gasteiger partial charge < -0.3 is 9.80 Å². The van der Waals surface area contributed by atoms with Crippen molar-refractivity contribution in [3.63, 3.8) is 0 Å². The summed E-state index contributed by atoms with van der Waals surface area (Å²) in [6.07, 6.45) is 2.40. The highest BCUT2D eigenvalue weighted by molar-refractivity contribution is 7.89. The summed E-state index contributed by atoms with van der Waals surface area (Å²) in [6.45, 7) is 5.61. The Hall–Kier alpha value is -2.16. The van der Waals surface area contributed by atoms with E-state index in [-0.39, 0.29) is 16.7 Å². The van der Waals surface area contributed by atoms with Gasteiger partial charge in [-0.3, -0.25) is 9.59 Å². The molecule has 7 nitrogen and oxygen atoms in total. The highest BCUT2D eigenvalue weighted by Crippen LogP contribution is 2.25. The van der Waals surface area contributed by atoms with E-state index < -0.39 is 22.1 Å². The normalized spacial score (nSPS) is 23.0. The van der Waals surface area contributed by atoms with Gasteiger partial charge in [-0.1, -0.05) is 30.7 Å². The Morgan fingerprint density at radius 2 is 1.84 bits per heavy atom. The third kappa shape index (κ3) is 4.63. The molecule has 2 aliphatic rings. The molecule has 1 N–H and O–H groups in total. The summed E-state index contributed by atoms with van der Waals surface area (Å²) in [5.41, 5.74) is 0. The van der Waals surface area contributed by atoms with Gasteiger partial charge in [-0.25, -0.2) is 8.42 Å². The Balaban J connectivity index is 1.45. The molecular weight excluding hydrogens is 450 g/mol. The second-order valence-corrected chi connectivity index (χ2v) is 11.0. The third-order valence-corrected chi connectivity index (χ3v) is 8.12. The monoisotopic (exact) mass is 477 g/mol. The van der Waals surface area contributed by atoms with Gasteiger partial charge in [-0.15, -0.1) is 0 Å². The first kappa shape index (κ1) is 23.0. The van der Waals surface area contributed by atoms with Crippen LogP contribution in [0.25, 0.3) is 10.8 Å². The molecule has 2 aromatic rings. The predicted molar refractivity (Wildman–Crippen MR) is 124 cm³/mol. The molecule has 2 heterocycles. The van der Waals surface area contributed by atoms with E-state index in [1.807, 2.05) is 4.90 Å². The fraction of sp³-hybridized carbons (Fsp3) is 0.478. The van der Waals surface area contributed by atoms with Crippen LogP contribution in [0, 0.1) is 5.92 Å². The minimum absolute atomic E-state index is 0.0680. The van der Waals surface area contributed by atoms with Crippen LogP contribution in [-0.4, -0.2) is 61.7 Å². The number of hydrogen-bond acceptors (Lipinski definition) is 4. The van der Waals surface area contributed by atoms with Crippen LogP contribution in [0.3, 0.4) is 0 Å². The van der Waals surface area contributed by atoms with E-state index in [4.69, 9.17) is 11.6 Å². The zero-order valence-electron chi connectivity index (χ0n) is 18.3. The quantitative estimate of drug-likeness (QED) is 0.717. The molecule has 9 heteroatoms. The number of benzene rings is 2. The minimum atomic E-state index is -3.90. The van der Waals surface area contributed by atoms with Crippen LogP contribution in [0.4, 0.5) is 0 Å². The zero-order chi connectivity index (χ0) is 23.0. The Morgan fingerprint density at radius 3 is 2.59 bits per heavy atom. The van der Waals surface area contributed by atoms with Crippen molar-refractivity contribution in [3.05, 3.63) is 41.4 Å². The van der Waals surface area contributed by atoms with E-state index >= 15 is 0 Å². The van der Waals surface area contributed by atoms with Gasteiger partial charge >= 0.3 is 0 Å². The van der Waals surface area contributed by atoms with Crippen molar-refractivity contribution in [2.45, 2.75) is 50.1 Å². The second-order valence-electron chi connectivity index (χ2n) is 8.86. The summed E-state index contributed by atoms with van der Waals surface area (Å²) in [5.74, 6) is 0.0281. The molecule has 0 radical (unpaired) electrons. The van der Waals surface area contributed by atoms with Crippen LogP contribution in [0.2, 0.25) is 5.02 Å². The molecule has 172 valence electrons. The SMILES string of the molecule is C[C@H]1CCCN(C(=O)[C@H](C)N2CCC(NS(=O)(=O)c3ccc4cc(Cl)ccc4c3)C2=O)C1. The van der Waals surface area contributed by atoms with E-state index in [1.54, 1.807) is 37.3 Å². The molecule has 0 aliphatic carbocycles. The number of sulfonamides is 1. The summed E-state index contributed by atoms with van der Waals surface area (Å²) in [4.78, 5) is 29.3. The molecule has 0 aromatic heterocycles. The average molecular weight is 478 g/mol. The number of rotatable bonds is 5. The second kappa shape index (κ2) is 9.00. The van der Waals surface area contributed by atoms with Crippen molar-refractivity contribution in [1.29, 1.82) is 0 Å². The molecule has 2 saturated heterocycles. The number of hydrogen-bond donors (Lipinski definition) is 1. The highest BCUT2D eigenvalue weighted by atomic mass is 35.5. The van der Waals surface area contributed by atoms with E-state index in [0.717, 1.165) is 23.6 Å². The number of halogens is 1. The van der Waals surface area contributed by atoms with Crippen molar-refractivity contribution in [2.24, 2.45) is 5.92 Å². The Labute approximate surface area is 193 Å². The Bertz CT molecular complexity index is 1150. The summed E-state index contributed by atoms with van der Waals surface area (Å²) in [7, 11) is -3.90.